The van der Waals surface area contributed by atoms with Crippen LogP contribution >= 0.6 is 0 Å². The average Bonchev–Trinajstić information content (AvgIpc) is 3.59. The lowest BCUT2D eigenvalue weighted by atomic mass is 10.1. The molecule has 6 rings (SSSR count). The van der Waals surface area contributed by atoms with E-state index in [1.807, 2.05) is 49.4 Å². The van der Waals surface area contributed by atoms with Gasteiger partial charge in [-0.3, -0.25) is 9.69 Å². The number of ether oxygens (including phenoxy) is 2. The predicted molar refractivity (Wildman–Crippen MR) is 137 cm³/mol. The molecule has 1 fully saturated rings. The summed E-state index contributed by atoms with van der Waals surface area (Å²) < 4.78 is 13.0. The minimum atomic E-state index is -0.229. The van der Waals surface area contributed by atoms with Crippen LogP contribution in [0, 0.1) is 6.92 Å². The average molecular weight is 486 g/mol. The van der Waals surface area contributed by atoms with Crippen LogP contribution in [0.25, 0.3) is 27.6 Å². The summed E-state index contributed by atoms with van der Waals surface area (Å²) in [6.07, 6.45) is 1.51. The molecule has 184 valence electrons. The van der Waals surface area contributed by atoms with Gasteiger partial charge in [-0.1, -0.05) is 6.07 Å². The van der Waals surface area contributed by atoms with Crippen LogP contribution in [-0.2, 0) is 4.74 Å². The van der Waals surface area contributed by atoms with E-state index in [-0.39, 0.29) is 11.6 Å². The van der Waals surface area contributed by atoms with E-state index in [1.54, 1.807) is 4.68 Å². The number of aryl methyl sites for hydroxylation is 1. The number of H-pyrrole nitrogens is 2. The molecule has 0 spiro atoms. The van der Waals surface area contributed by atoms with Crippen LogP contribution in [0.15, 0.2) is 48.7 Å². The Morgan fingerprint density at radius 3 is 2.86 bits per heavy atom. The van der Waals surface area contributed by atoms with E-state index in [0.717, 1.165) is 72.0 Å². The lowest BCUT2D eigenvalue weighted by Gasteiger charge is -2.26. The van der Waals surface area contributed by atoms with Crippen molar-refractivity contribution in [3.8, 4) is 11.4 Å². The molecule has 1 aliphatic rings. The zero-order chi connectivity index (χ0) is 24.6. The first-order chi connectivity index (χ1) is 17.6. The van der Waals surface area contributed by atoms with Crippen LogP contribution in [0.3, 0.4) is 0 Å². The Morgan fingerprint density at radius 2 is 2.00 bits per heavy atom. The van der Waals surface area contributed by atoms with Crippen LogP contribution in [0.5, 0.6) is 5.75 Å². The Balaban J connectivity index is 1.23. The Kier molecular flexibility index (Phi) is 5.67. The number of nitrogens with zero attached hydrogens (tertiary/aromatic N) is 4. The van der Waals surface area contributed by atoms with Crippen LogP contribution in [-0.4, -0.2) is 74.9 Å². The third-order valence-corrected chi connectivity index (χ3v) is 6.52. The number of ketones is 1. The van der Waals surface area contributed by atoms with Crippen molar-refractivity contribution in [1.82, 2.24) is 29.6 Å². The monoisotopic (exact) mass is 485 g/mol. The SMILES string of the molecule is Cc1nc2ccc(-n3ncc(C(=O)c4cc5c(OCCN6CCOCC6)cccc5[nH]4)c3N)cc2[nH]1. The molecule has 0 bridgehead atoms. The summed E-state index contributed by atoms with van der Waals surface area (Å²) in [6, 6.07) is 13.3. The molecule has 5 aromatic rings. The maximum Gasteiger partial charge on any atom is 0.214 e. The zero-order valence-corrected chi connectivity index (χ0v) is 20.0. The maximum atomic E-state index is 13.4. The van der Waals surface area contributed by atoms with Gasteiger partial charge in [0.25, 0.3) is 0 Å². The highest BCUT2D eigenvalue weighted by atomic mass is 16.5. The van der Waals surface area contributed by atoms with Crippen molar-refractivity contribution in [2.45, 2.75) is 6.92 Å². The molecule has 0 atom stereocenters. The third kappa shape index (κ3) is 4.10. The first kappa shape index (κ1) is 22.3. The fraction of sp³-hybridized carbons (Fsp3) is 0.269. The summed E-state index contributed by atoms with van der Waals surface area (Å²) in [5.74, 6) is 1.61. The molecule has 1 saturated heterocycles. The Labute approximate surface area is 207 Å². The van der Waals surface area contributed by atoms with E-state index < -0.39 is 0 Å². The largest absolute Gasteiger partial charge is 0.492 e. The molecule has 4 N–H and O–H groups in total. The van der Waals surface area contributed by atoms with Gasteiger partial charge >= 0.3 is 0 Å². The topological polar surface area (TPSA) is 127 Å². The minimum Gasteiger partial charge on any atom is -0.492 e. The number of anilines is 1. The number of rotatable bonds is 7. The molecule has 0 aliphatic carbocycles. The van der Waals surface area contributed by atoms with Gasteiger partial charge in [0.2, 0.25) is 5.78 Å². The number of carbonyl (C=O) groups is 1. The predicted octanol–water partition coefficient (Wildman–Crippen LogP) is 3.06. The van der Waals surface area contributed by atoms with E-state index >= 15 is 0 Å². The van der Waals surface area contributed by atoms with E-state index in [1.165, 1.54) is 6.20 Å². The van der Waals surface area contributed by atoms with Gasteiger partial charge in [-0.15, -0.1) is 0 Å². The van der Waals surface area contributed by atoms with Crippen molar-refractivity contribution in [2.75, 3.05) is 45.2 Å². The second-order valence-electron chi connectivity index (χ2n) is 8.91. The summed E-state index contributed by atoms with van der Waals surface area (Å²) in [7, 11) is 0. The lowest BCUT2D eigenvalue weighted by molar-refractivity contribution is 0.0323. The van der Waals surface area contributed by atoms with Crippen molar-refractivity contribution in [1.29, 1.82) is 0 Å². The number of nitrogen functional groups attached to an aromatic ring is 1. The van der Waals surface area contributed by atoms with E-state index in [2.05, 4.69) is 25.0 Å². The summed E-state index contributed by atoms with van der Waals surface area (Å²) in [6.45, 7) is 6.65. The van der Waals surface area contributed by atoms with Gasteiger partial charge in [0, 0.05) is 30.5 Å². The Morgan fingerprint density at radius 1 is 1.14 bits per heavy atom. The van der Waals surface area contributed by atoms with Crippen LogP contribution in [0.2, 0.25) is 0 Å². The molecule has 0 amide bonds. The van der Waals surface area contributed by atoms with Gasteiger partial charge < -0.3 is 25.2 Å². The fourth-order valence-electron chi connectivity index (χ4n) is 4.63. The van der Waals surface area contributed by atoms with Gasteiger partial charge in [-0.25, -0.2) is 9.67 Å². The van der Waals surface area contributed by atoms with Gasteiger partial charge in [0.05, 0.1) is 47.4 Å². The molecule has 3 aromatic heterocycles. The van der Waals surface area contributed by atoms with E-state index in [0.29, 0.717) is 17.9 Å². The highest BCUT2D eigenvalue weighted by Crippen LogP contribution is 2.29. The molecule has 10 heteroatoms. The maximum absolute atomic E-state index is 13.4. The molecule has 0 saturated carbocycles. The molecular weight excluding hydrogens is 458 g/mol. The number of fused-ring (bicyclic) bond motifs is 2. The number of morpholine rings is 1. The van der Waals surface area contributed by atoms with Gasteiger partial charge in [-0.2, -0.15) is 5.10 Å². The number of hydrogen-bond acceptors (Lipinski definition) is 7. The van der Waals surface area contributed by atoms with Crippen LogP contribution < -0.4 is 10.5 Å². The fourth-order valence-corrected chi connectivity index (χ4v) is 4.63. The summed E-state index contributed by atoms with van der Waals surface area (Å²) >= 11 is 0. The molecule has 1 aliphatic heterocycles. The second-order valence-corrected chi connectivity index (χ2v) is 8.91. The van der Waals surface area contributed by atoms with Crippen molar-refractivity contribution in [2.24, 2.45) is 0 Å². The van der Waals surface area contributed by atoms with Crippen LogP contribution in [0.1, 0.15) is 21.9 Å². The number of aromatic nitrogens is 5. The van der Waals surface area contributed by atoms with Gasteiger partial charge in [0.15, 0.2) is 0 Å². The van der Waals surface area contributed by atoms with Gasteiger partial charge in [-0.05, 0) is 43.3 Å². The number of nitrogens with two attached hydrogens (primary N) is 1. The number of hydrogen-bond donors (Lipinski definition) is 3. The molecule has 0 unspecified atom stereocenters. The molecule has 2 aromatic carbocycles. The number of benzene rings is 2. The molecule has 4 heterocycles. The van der Waals surface area contributed by atoms with Crippen molar-refractivity contribution >= 4 is 33.5 Å². The summed E-state index contributed by atoms with van der Waals surface area (Å²) in [5, 5.41) is 5.24. The number of carbonyl (C=O) groups excluding carboxylic acids is 1. The molecule has 10 nitrogen and oxygen atoms in total. The normalized spacial score (nSPS) is 14.6. The Hall–Kier alpha value is -4.15. The van der Waals surface area contributed by atoms with Gasteiger partial charge in [0.1, 0.15) is 24.0 Å². The standard InChI is InChI=1S/C26H27N7O3/c1-16-29-21-6-5-17(13-22(21)30-16)33-26(27)19(15-28-33)25(34)23-14-18-20(31-23)3-2-4-24(18)36-12-9-32-7-10-35-11-8-32/h2-6,13-15,31H,7-12,27H2,1H3,(H,29,30). The zero-order valence-electron chi connectivity index (χ0n) is 20.0. The van der Waals surface area contributed by atoms with Crippen LogP contribution in [0.4, 0.5) is 5.82 Å². The number of nitrogens with one attached hydrogen (secondary N) is 2. The molecule has 0 radical (unpaired) electrons. The first-order valence-electron chi connectivity index (χ1n) is 12.0. The first-order valence-corrected chi connectivity index (χ1v) is 12.0. The summed E-state index contributed by atoms with van der Waals surface area (Å²) in [5.41, 5.74) is 10.5. The van der Waals surface area contributed by atoms with E-state index in [9.17, 15) is 4.79 Å². The summed E-state index contributed by atoms with van der Waals surface area (Å²) in [4.78, 5) is 26.6. The second kappa shape index (κ2) is 9.14. The quantitative estimate of drug-likeness (QED) is 0.302. The lowest BCUT2D eigenvalue weighted by Crippen LogP contribution is -2.38. The van der Waals surface area contributed by atoms with Crippen molar-refractivity contribution in [3.63, 3.8) is 0 Å². The Bertz CT molecular complexity index is 1560. The highest BCUT2D eigenvalue weighted by molar-refractivity contribution is 6.13. The molecule has 36 heavy (non-hydrogen) atoms. The number of aromatic amines is 2. The van der Waals surface area contributed by atoms with E-state index in [4.69, 9.17) is 15.2 Å². The smallest absolute Gasteiger partial charge is 0.214 e. The molecular formula is C26H27N7O3. The van der Waals surface area contributed by atoms with Crippen molar-refractivity contribution < 1.29 is 14.3 Å². The van der Waals surface area contributed by atoms with Crippen molar-refractivity contribution in [3.05, 3.63) is 65.7 Å². The minimum absolute atomic E-state index is 0.229. The third-order valence-electron chi connectivity index (χ3n) is 6.52. The highest BCUT2D eigenvalue weighted by Gasteiger charge is 2.21. The number of imidazole rings is 1.